The van der Waals surface area contributed by atoms with Gasteiger partial charge in [-0.3, -0.25) is 9.30 Å². The average molecular weight is 287 g/mol. The van der Waals surface area contributed by atoms with Crippen molar-refractivity contribution < 1.29 is 4.74 Å². The lowest BCUT2D eigenvalue weighted by Gasteiger charge is -2.25. The van der Waals surface area contributed by atoms with Gasteiger partial charge in [-0.25, -0.2) is 9.97 Å². The molecule has 0 unspecified atom stereocenters. The van der Waals surface area contributed by atoms with E-state index in [9.17, 15) is 0 Å². The highest BCUT2D eigenvalue weighted by molar-refractivity contribution is 6.32. The number of imidazole rings is 1. The molecule has 1 aliphatic rings. The van der Waals surface area contributed by atoms with Crippen molar-refractivity contribution in [3.63, 3.8) is 0 Å². The molecule has 0 aromatic carbocycles. The summed E-state index contributed by atoms with van der Waals surface area (Å²) >= 11 is 11.9. The third-order valence-electron chi connectivity index (χ3n) is 2.92. The number of hydrogen-bond donors (Lipinski definition) is 0. The Morgan fingerprint density at radius 1 is 1.22 bits per heavy atom. The van der Waals surface area contributed by atoms with Gasteiger partial charge >= 0.3 is 0 Å². The Balaban J connectivity index is 1.86. The van der Waals surface area contributed by atoms with Crippen molar-refractivity contribution in [1.82, 2.24) is 19.3 Å². The van der Waals surface area contributed by atoms with Crippen LogP contribution in [-0.4, -0.2) is 45.6 Å². The third-order valence-corrected chi connectivity index (χ3v) is 3.38. The Hall–Kier alpha value is -0.880. The molecule has 1 fully saturated rings. The van der Waals surface area contributed by atoms with E-state index in [-0.39, 0.29) is 0 Å². The van der Waals surface area contributed by atoms with Crippen LogP contribution in [0.5, 0.6) is 0 Å². The van der Waals surface area contributed by atoms with Crippen molar-refractivity contribution in [3.05, 3.63) is 28.4 Å². The van der Waals surface area contributed by atoms with Crippen molar-refractivity contribution in [1.29, 1.82) is 0 Å². The van der Waals surface area contributed by atoms with Gasteiger partial charge in [-0.15, -0.1) is 0 Å². The normalized spacial score (nSPS) is 17.4. The van der Waals surface area contributed by atoms with E-state index in [0.717, 1.165) is 44.2 Å². The summed E-state index contributed by atoms with van der Waals surface area (Å²) in [6, 6.07) is 1.70. The van der Waals surface area contributed by atoms with Gasteiger partial charge in [-0.05, 0) is 11.6 Å². The Morgan fingerprint density at radius 2 is 2.00 bits per heavy atom. The number of fused-ring (bicyclic) bond motifs is 1. The topological polar surface area (TPSA) is 42.7 Å². The second kappa shape index (κ2) is 5.01. The van der Waals surface area contributed by atoms with Gasteiger partial charge < -0.3 is 4.74 Å². The van der Waals surface area contributed by atoms with E-state index in [0.29, 0.717) is 10.4 Å². The van der Waals surface area contributed by atoms with Gasteiger partial charge in [0.15, 0.2) is 0 Å². The molecule has 0 spiro atoms. The van der Waals surface area contributed by atoms with Gasteiger partial charge in [0.1, 0.15) is 10.8 Å². The first-order valence-electron chi connectivity index (χ1n) is 5.72. The summed E-state index contributed by atoms with van der Waals surface area (Å²) < 4.78 is 7.05. The van der Waals surface area contributed by atoms with Crippen LogP contribution in [-0.2, 0) is 11.3 Å². The lowest BCUT2D eigenvalue weighted by molar-refractivity contribution is 0.0337. The maximum Gasteiger partial charge on any atom is 0.209 e. The minimum Gasteiger partial charge on any atom is -0.379 e. The fraction of sp³-hybridized carbons (Fsp3) is 0.455. The summed E-state index contributed by atoms with van der Waals surface area (Å²) in [6.07, 6.45) is 1.90. The van der Waals surface area contributed by atoms with Gasteiger partial charge in [0, 0.05) is 31.9 Å². The second-order valence-electron chi connectivity index (χ2n) is 4.20. The van der Waals surface area contributed by atoms with E-state index in [1.807, 2.05) is 6.20 Å². The lowest BCUT2D eigenvalue weighted by atomic mass is 10.3. The first-order valence-corrected chi connectivity index (χ1v) is 6.48. The van der Waals surface area contributed by atoms with Crippen LogP contribution in [0, 0.1) is 0 Å². The Kier molecular flexibility index (Phi) is 3.39. The standard InChI is InChI=1S/C11H12Cl2N4O/c12-9-5-10-14-8(7-17(10)11(13)15-9)6-16-1-3-18-4-2-16/h5,7H,1-4,6H2. The van der Waals surface area contributed by atoms with Crippen molar-refractivity contribution in [3.8, 4) is 0 Å². The van der Waals surface area contributed by atoms with Crippen LogP contribution in [0.2, 0.25) is 10.4 Å². The fourth-order valence-corrected chi connectivity index (χ4v) is 2.49. The quantitative estimate of drug-likeness (QED) is 0.624. The SMILES string of the molecule is Clc1cc2nc(CN3CCOCC3)cn2c(Cl)n1. The molecule has 2 aromatic heterocycles. The molecule has 0 N–H and O–H groups in total. The highest BCUT2D eigenvalue weighted by Gasteiger charge is 2.13. The van der Waals surface area contributed by atoms with E-state index in [4.69, 9.17) is 27.9 Å². The molecule has 3 heterocycles. The van der Waals surface area contributed by atoms with Crippen LogP contribution < -0.4 is 0 Å². The molecule has 3 rings (SSSR count). The van der Waals surface area contributed by atoms with Crippen molar-refractivity contribution >= 4 is 28.8 Å². The van der Waals surface area contributed by atoms with E-state index in [1.165, 1.54) is 0 Å². The highest BCUT2D eigenvalue weighted by Crippen LogP contribution is 2.17. The summed E-state index contributed by atoms with van der Waals surface area (Å²) in [6.45, 7) is 4.21. The largest absolute Gasteiger partial charge is 0.379 e. The summed E-state index contributed by atoms with van der Waals surface area (Å²) in [7, 11) is 0. The molecule has 0 bridgehead atoms. The van der Waals surface area contributed by atoms with Crippen LogP contribution in [0.3, 0.4) is 0 Å². The predicted molar refractivity (Wildman–Crippen MR) is 69.1 cm³/mol. The Labute approximate surface area is 114 Å². The molecule has 7 heteroatoms. The molecule has 0 saturated carbocycles. The summed E-state index contributed by atoms with van der Waals surface area (Å²) in [4.78, 5) is 10.8. The smallest absolute Gasteiger partial charge is 0.209 e. The van der Waals surface area contributed by atoms with Crippen LogP contribution in [0.1, 0.15) is 5.69 Å². The van der Waals surface area contributed by atoms with Crippen LogP contribution in [0.4, 0.5) is 0 Å². The van der Waals surface area contributed by atoms with Gasteiger partial charge in [0.2, 0.25) is 5.28 Å². The minimum absolute atomic E-state index is 0.332. The van der Waals surface area contributed by atoms with Gasteiger partial charge in [-0.1, -0.05) is 11.6 Å². The number of ether oxygens (including phenoxy) is 1. The molecule has 96 valence electrons. The Morgan fingerprint density at radius 3 is 2.78 bits per heavy atom. The van der Waals surface area contributed by atoms with Gasteiger partial charge in [0.25, 0.3) is 0 Å². The molecular weight excluding hydrogens is 275 g/mol. The molecule has 0 aliphatic carbocycles. The maximum absolute atomic E-state index is 6.01. The summed E-state index contributed by atoms with van der Waals surface area (Å²) in [5.74, 6) is 0. The number of rotatable bonds is 2. The second-order valence-corrected chi connectivity index (χ2v) is 4.92. The molecule has 1 saturated heterocycles. The molecule has 0 amide bonds. The zero-order valence-corrected chi connectivity index (χ0v) is 11.2. The van der Waals surface area contributed by atoms with Crippen LogP contribution in [0.15, 0.2) is 12.3 Å². The molecule has 0 atom stereocenters. The molecule has 18 heavy (non-hydrogen) atoms. The monoisotopic (exact) mass is 286 g/mol. The predicted octanol–water partition coefficient (Wildman–Crippen LogP) is 1.87. The molecule has 0 radical (unpaired) electrons. The number of hydrogen-bond acceptors (Lipinski definition) is 4. The van der Waals surface area contributed by atoms with E-state index >= 15 is 0 Å². The third kappa shape index (κ3) is 2.44. The van der Waals surface area contributed by atoms with Crippen molar-refractivity contribution in [2.24, 2.45) is 0 Å². The van der Waals surface area contributed by atoms with E-state index in [1.54, 1.807) is 10.5 Å². The van der Waals surface area contributed by atoms with Crippen molar-refractivity contribution in [2.45, 2.75) is 6.54 Å². The zero-order chi connectivity index (χ0) is 12.5. The maximum atomic E-state index is 6.01. The average Bonchev–Trinajstić information content (AvgIpc) is 2.73. The molecule has 2 aromatic rings. The van der Waals surface area contributed by atoms with Crippen LogP contribution in [0.25, 0.3) is 5.65 Å². The first kappa shape index (κ1) is 12.2. The number of halogens is 2. The minimum atomic E-state index is 0.332. The number of aromatic nitrogens is 3. The van der Waals surface area contributed by atoms with E-state index in [2.05, 4.69) is 14.9 Å². The first-order chi connectivity index (χ1) is 8.72. The van der Waals surface area contributed by atoms with Crippen molar-refractivity contribution in [2.75, 3.05) is 26.3 Å². The van der Waals surface area contributed by atoms with Crippen LogP contribution >= 0.6 is 23.2 Å². The summed E-state index contributed by atoms with van der Waals surface area (Å²) in [5, 5.41) is 0.689. The summed E-state index contributed by atoms with van der Waals surface area (Å²) in [5.41, 5.74) is 1.69. The van der Waals surface area contributed by atoms with Gasteiger partial charge in [-0.2, -0.15) is 0 Å². The fourth-order valence-electron chi connectivity index (χ4n) is 2.04. The highest BCUT2D eigenvalue weighted by atomic mass is 35.5. The number of morpholine rings is 1. The molecular formula is C11H12Cl2N4O. The Bertz CT molecular complexity index is 565. The molecule has 5 nitrogen and oxygen atoms in total. The van der Waals surface area contributed by atoms with E-state index < -0.39 is 0 Å². The molecule has 1 aliphatic heterocycles. The van der Waals surface area contributed by atoms with Gasteiger partial charge in [0.05, 0.1) is 18.9 Å². The number of nitrogens with zero attached hydrogens (tertiary/aromatic N) is 4. The lowest BCUT2D eigenvalue weighted by Crippen LogP contribution is -2.35. The zero-order valence-electron chi connectivity index (χ0n) is 9.64.